The number of aryl methyl sites for hydroxylation is 2. The lowest BCUT2D eigenvalue weighted by Crippen LogP contribution is -2.55. The third kappa shape index (κ3) is 6.63. The predicted molar refractivity (Wildman–Crippen MR) is 259 cm³/mol. The maximum Gasteiger partial charge on any atom is 0.0561 e. The van der Waals surface area contributed by atoms with Crippen molar-refractivity contribution in [2.24, 2.45) is 11.8 Å². The number of fused-ring (bicyclic) bond motifs is 3. The summed E-state index contributed by atoms with van der Waals surface area (Å²) in [5.74, 6) is 1.61. The van der Waals surface area contributed by atoms with E-state index in [-0.39, 0.29) is 10.8 Å². The van der Waals surface area contributed by atoms with Crippen LogP contribution in [0.15, 0.2) is 170 Å². The molecular formula is C59H56N2. The molecule has 4 bridgehead atoms. The van der Waals surface area contributed by atoms with Crippen LogP contribution in [0.25, 0.3) is 44.7 Å². The molecule has 0 spiro atoms. The molecule has 0 radical (unpaired) electrons. The standard InChI is InChI=1S/C59H56N2/c1-4-6-9-43-16-26-50(27-17-43)60(51-30-24-49(25-31-51)59-38-44-34-45(39-59)37-58(36-44,40-59)48-22-14-42(5-2)15-23-48)53-32-33-55-54-10-7-8-11-56(54)61(57(55)35-53)52-28-20-47(21-29-52)46-18-12-41(3)13-19-46/h5,7-8,10-33,35,44-45H,2,4,6,9,34,36-40H2,1,3H3. The van der Waals surface area contributed by atoms with Crippen molar-refractivity contribution in [3.8, 4) is 16.8 Å². The number of anilines is 3. The molecule has 302 valence electrons. The van der Waals surface area contributed by atoms with Gasteiger partial charge in [0.15, 0.2) is 0 Å². The molecular weight excluding hydrogens is 737 g/mol. The van der Waals surface area contributed by atoms with Crippen LogP contribution < -0.4 is 4.90 Å². The Labute approximate surface area is 362 Å². The van der Waals surface area contributed by atoms with Gasteiger partial charge in [0.1, 0.15) is 0 Å². The molecule has 1 aromatic heterocycles. The Bertz CT molecular complexity index is 2840. The first-order valence-electron chi connectivity index (χ1n) is 22.8. The van der Waals surface area contributed by atoms with E-state index in [1.807, 2.05) is 6.08 Å². The van der Waals surface area contributed by atoms with E-state index in [1.54, 1.807) is 5.56 Å². The highest BCUT2D eigenvalue weighted by Gasteiger charge is 2.58. The van der Waals surface area contributed by atoms with Crippen LogP contribution in [0.1, 0.15) is 86.1 Å². The fourth-order valence-corrected chi connectivity index (χ4v) is 12.4. The molecule has 0 amide bonds. The maximum atomic E-state index is 4.02. The highest BCUT2D eigenvalue weighted by molar-refractivity contribution is 6.10. The van der Waals surface area contributed by atoms with Gasteiger partial charge in [0.05, 0.1) is 11.0 Å². The smallest absolute Gasteiger partial charge is 0.0561 e. The van der Waals surface area contributed by atoms with Gasteiger partial charge < -0.3 is 9.47 Å². The zero-order chi connectivity index (χ0) is 41.1. The molecule has 4 aliphatic carbocycles. The molecule has 2 atom stereocenters. The van der Waals surface area contributed by atoms with Gasteiger partial charge in [0.2, 0.25) is 0 Å². The van der Waals surface area contributed by atoms with Gasteiger partial charge in [-0.05, 0) is 169 Å². The third-order valence-electron chi connectivity index (χ3n) is 15.0. The molecule has 4 fully saturated rings. The predicted octanol–water partition coefficient (Wildman–Crippen LogP) is 16.0. The summed E-state index contributed by atoms with van der Waals surface area (Å²) in [4.78, 5) is 2.48. The Kier molecular flexibility index (Phi) is 9.37. The van der Waals surface area contributed by atoms with E-state index in [9.17, 15) is 0 Å². The summed E-state index contributed by atoms with van der Waals surface area (Å²) in [6.07, 6.45) is 13.5. The van der Waals surface area contributed by atoms with Crippen LogP contribution in [-0.2, 0) is 17.3 Å². The Morgan fingerprint density at radius 1 is 0.607 bits per heavy atom. The Morgan fingerprint density at radius 2 is 1.16 bits per heavy atom. The van der Waals surface area contributed by atoms with Crippen LogP contribution in [-0.4, -0.2) is 4.57 Å². The molecule has 0 aliphatic heterocycles. The van der Waals surface area contributed by atoms with Gasteiger partial charge >= 0.3 is 0 Å². The summed E-state index contributed by atoms with van der Waals surface area (Å²) in [6.45, 7) is 8.44. The summed E-state index contributed by atoms with van der Waals surface area (Å²) in [7, 11) is 0. The monoisotopic (exact) mass is 792 g/mol. The van der Waals surface area contributed by atoms with Gasteiger partial charge in [0.25, 0.3) is 0 Å². The van der Waals surface area contributed by atoms with Crippen molar-refractivity contribution in [1.29, 1.82) is 0 Å². The van der Waals surface area contributed by atoms with Gasteiger partial charge in [-0.1, -0.05) is 141 Å². The Balaban J connectivity index is 0.996. The summed E-state index contributed by atoms with van der Waals surface area (Å²) in [5, 5.41) is 2.54. The first-order valence-corrected chi connectivity index (χ1v) is 22.8. The van der Waals surface area contributed by atoms with Crippen molar-refractivity contribution < 1.29 is 0 Å². The lowest BCUT2D eigenvalue weighted by molar-refractivity contribution is -0.0281. The summed E-state index contributed by atoms with van der Waals surface area (Å²) in [5.41, 5.74) is 17.1. The number of unbranched alkanes of at least 4 members (excludes halogenated alkanes) is 1. The number of para-hydroxylation sites is 1. The second-order valence-electron chi connectivity index (χ2n) is 19.0. The summed E-state index contributed by atoms with van der Waals surface area (Å²) >= 11 is 0. The highest BCUT2D eigenvalue weighted by Crippen LogP contribution is 2.66. The highest BCUT2D eigenvalue weighted by atomic mass is 15.1. The van der Waals surface area contributed by atoms with Crippen molar-refractivity contribution in [3.05, 3.63) is 198 Å². The van der Waals surface area contributed by atoms with Crippen molar-refractivity contribution in [1.82, 2.24) is 4.57 Å². The molecule has 61 heavy (non-hydrogen) atoms. The van der Waals surface area contributed by atoms with Gasteiger partial charge in [0, 0.05) is 33.5 Å². The van der Waals surface area contributed by atoms with Gasteiger partial charge in [-0.3, -0.25) is 0 Å². The van der Waals surface area contributed by atoms with E-state index in [2.05, 4.69) is 194 Å². The van der Waals surface area contributed by atoms with Crippen molar-refractivity contribution >= 4 is 44.9 Å². The lowest BCUT2D eigenvalue weighted by Gasteiger charge is -2.63. The van der Waals surface area contributed by atoms with Crippen LogP contribution >= 0.6 is 0 Å². The van der Waals surface area contributed by atoms with Crippen LogP contribution in [0.4, 0.5) is 17.1 Å². The molecule has 0 N–H and O–H groups in total. The number of hydrogen-bond donors (Lipinski definition) is 0. The molecule has 4 aliphatic rings. The normalized spacial score (nSPS) is 21.6. The molecule has 12 rings (SSSR count). The third-order valence-corrected chi connectivity index (χ3v) is 15.0. The number of benzene rings is 7. The van der Waals surface area contributed by atoms with Crippen LogP contribution in [0.3, 0.4) is 0 Å². The van der Waals surface area contributed by atoms with E-state index in [4.69, 9.17) is 0 Å². The molecule has 0 saturated heterocycles. The van der Waals surface area contributed by atoms with E-state index in [1.165, 1.54) is 129 Å². The zero-order valence-corrected chi connectivity index (χ0v) is 35.8. The van der Waals surface area contributed by atoms with E-state index in [0.717, 1.165) is 18.3 Å². The minimum absolute atomic E-state index is 0.236. The fourth-order valence-electron chi connectivity index (χ4n) is 12.4. The Morgan fingerprint density at radius 3 is 1.79 bits per heavy atom. The van der Waals surface area contributed by atoms with E-state index >= 15 is 0 Å². The first kappa shape index (κ1) is 37.8. The minimum atomic E-state index is 0.236. The van der Waals surface area contributed by atoms with Gasteiger partial charge in [-0.25, -0.2) is 0 Å². The summed E-state index contributed by atoms with van der Waals surface area (Å²) < 4.78 is 2.45. The number of aromatic nitrogens is 1. The second kappa shape index (κ2) is 15.1. The van der Waals surface area contributed by atoms with E-state index < -0.39 is 0 Å². The van der Waals surface area contributed by atoms with Crippen molar-refractivity contribution in [3.63, 3.8) is 0 Å². The molecule has 4 saturated carbocycles. The number of hydrogen-bond acceptors (Lipinski definition) is 1. The topological polar surface area (TPSA) is 8.17 Å². The molecule has 2 heteroatoms. The van der Waals surface area contributed by atoms with Gasteiger partial charge in [-0.2, -0.15) is 0 Å². The Hall–Kier alpha value is -6.12. The van der Waals surface area contributed by atoms with Crippen LogP contribution in [0.2, 0.25) is 0 Å². The van der Waals surface area contributed by atoms with Gasteiger partial charge in [-0.15, -0.1) is 0 Å². The molecule has 8 aromatic rings. The fraction of sp³-hybridized carbons (Fsp3) is 0.254. The minimum Gasteiger partial charge on any atom is -0.310 e. The SMILES string of the molecule is C=Cc1ccc(C23CC4CC(C2)CC(c2ccc(N(c5ccc(CCCC)cc5)c5ccc6c7ccccc7n(-c7ccc(-c8ccc(C)cc8)cc7)c6c5)cc2)(C4)C3)cc1. The molecule has 7 aromatic carbocycles. The van der Waals surface area contributed by atoms with Crippen LogP contribution in [0.5, 0.6) is 0 Å². The van der Waals surface area contributed by atoms with E-state index in [0.29, 0.717) is 0 Å². The number of rotatable bonds is 11. The van der Waals surface area contributed by atoms with Crippen molar-refractivity contribution in [2.75, 3.05) is 4.90 Å². The van der Waals surface area contributed by atoms with Crippen LogP contribution in [0, 0.1) is 18.8 Å². The number of nitrogens with zero attached hydrogens (tertiary/aromatic N) is 2. The molecule has 2 nitrogen and oxygen atoms in total. The van der Waals surface area contributed by atoms with Crippen molar-refractivity contribution in [2.45, 2.75) is 82.5 Å². The summed E-state index contributed by atoms with van der Waals surface area (Å²) in [6, 6.07) is 62.5. The lowest BCUT2D eigenvalue weighted by atomic mass is 9.42. The average Bonchev–Trinajstić information content (AvgIpc) is 3.62. The average molecular weight is 793 g/mol. The maximum absolute atomic E-state index is 4.02. The quantitative estimate of drug-likeness (QED) is 0.127. The second-order valence-corrected chi connectivity index (χ2v) is 19.0. The largest absolute Gasteiger partial charge is 0.310 e. The zero-order valence-electron chi connectivity index (χ0n) is 35.8. The molecule has 1 heterocycles. The first-order chi connectivity index (χ1) is 29.9. The molecule has 2 unspecified atom stereocenters.